The van der Waals surface area contributed by atoms with Crippen molar-refractivity contribution in [2.75, 3.05) is 23.7 Å². The topological polar surface area (TPSA) is 254 Å². The van der Waals surface area contributed by atoms with Crippen molar-refractivity contribution in [2.24, 2.45) is 0 Å². The Morgan fingerprint density at radius 2 is 0.663 bits per heavy atom. The Hall–Kier alpha value is -5.89. The lowest BCUT2D eigenvalue weighted by Gasteiger charge is -2.20. The van der Waals surface area contributed by atoms with Gasteiger partial charge in [0.2, 0.25) is 23.3 Å². The Bertz CT molecular complexity index is 3780. The van der Waals surface area contributed by atoms with E-state index in [2.05, 4.69) is 50.5 Å². The minimum atomic E-state index is -1.21. The summed E-state index contributed by atoms with van der Waals surface area (Å²) in [7, 11) is 0. The number of ether oxygens (including phenoxy) is 2. The fraction of sp³-hybridized carbons (Fsp3) is 0.267. The second kappa shape index (κ2) is 35.1. The first-order chi connectivity index (χ1) is 41.4. The fourth-order valence-corrected chi connectivity index (χ4v) is 12.1. The van der Waals surface area contributed by atoms with Crippen LogP contribution in [0, 0.1) is 27.7 Å². The van der Waals surface area contributed by atoms with Gasteiger partial charge in [-0.05, 0) is 132 Å². The minimum absolute atomic E-state index is 0. The van der Waals surface area contributed by atoms with Gasteiger partial charge in [0, 0.05) is 32.7 Å². The fourth-order valence-electron chi connectivity index (χ4n) is 6.80. The molecule has 0 unspecified atom stereocenters. The van der Waals surface area contributed by atoms with Gasteiger partial charge in [-0.1, -0.05) is 165 Å². The Labute approximate surface area is 569 Å². The van der Waals surface area contributed by atoms with E-state index in [9.17, 15) is 19.2 Å². The number of carboxylic acids is 2. The lowest BCUT2D eigenvalue weighted by molar-refractivity contribution is 0.00431. The molecule has 0 aliphatic heterocycles. The van der Waals surface area contributed by atoms with Gasteiger partial charge in [-0.3, -0.25) is 0 Å². The molecule has 18 nitrogen and oxygen atoms in total. The summed E-state index contributed by atoms with van der Waals surface area (Å²) in [6, 6.07) is 29.7. The van der Waals surface area contributed by atoms with Gasteiger partial charge >= 0.3 is 23.9 Å². The molecule has 4 aromatic carbocycles. The number of carbonyl (C=O) groups excluding carboxylic acids is 2. The molecule has 4 aromatic heterocycles. The summed E-state index contributed by atoms with van der Waals surface area (Å²) in [5.41, 5.74) is 1.17. The van der Waals surface area contributed by atoms with Crippen molar-refractivity contribution in [3.8, 4) is 0 Å². The highest BCUT2D eigenvalue weighted by atomic mass is 35.5. The average Bonchev–Trinajstić information content (AvgIpc) is 1.34. The average molecular weight is 1430 g/mol. The number of esters is 2. The van der Waals surface area contributed by atoms with Gasteiger partial charge in [0.1, 0.15) is 33.1 Å². The predicted octanol–water partition coefficient (Wildman–Crippen LogP) is 18.3. The van der Waals surface area contributed by atoms with Crippen LogP contribution in [0.4, 0.5) is 11.6 Å². The van der Waals surface area contributed by atoms with E-state index >= 15 is 0 Å². The molecular formula is C60H61Cl7N10O8S4. The van der Waals surface area contributed by atoms with Crippen LogP contribution in [0.25, 0.3) is 0 Å². The van der Waals surface area contributed by atoms with Crippen molar-refractivity contribution in [1.29, 1.82) is 0 Å². The number of nitrogens with zero attached hydrogens (tertiary/aromatic N) is 8. The third kappa shape index (κ3) is 23.4. The standard InChI is InChI=1S/C18H22ClN3O2S.C16H16Cl2N2O2S.C14H14ClN3O2S.C12H8Cl2N2O2S.ClH/c1-6-20-15-14(25-13-10-8-7-9-12(13)19)11(2)21-16(22-15)17(23)24-18(3,4)5;1-9-12(23-11-8-6-5-7-10(11)17)13(18)20-14(19-9)15(21)22-16(2,3)4;1-3-16-12-11(8(2)17-13(18-12)14(19)20)21-10-7-5-4-6-9(10)15;1-6-9(10(14)16-11(15-6)12(17)18)19-8-5-3-2-4-7(8)13;/h7-10H,6H2,1-5H3,(H,20,21,22);5-8H,1-4H3;4-7H,3H2,1-2H3,(H,19,20)(H,16,17,18);2-5H,1H3,(H,17,18);1H. The van der Waals surface area contributed by atoms with E-state index in [1.165, 1.54) is 47.0 Å². The first-order valence-corrected chi connectivity index (χ1v) is 31.9. The van der Waals surface area contributed by atoms with Gasteiger partial charge in [-0.15, -0.1) is 12.4 Å². The maximum absolute atomic E-state index is 12.3. The van der Waals surface area contributed by atoms with Crippen LogP contribution < -0.4 is 10.6 Å². The summed E-state index contributed by atoms with van der Waals surface area (Å²) >= 11 is 42.4. The summed E-state index contributed by atoms with van der Waals surface area (Å²) in [6.45, 7) is 23.0. The number of aryl methyl sites for hydroxylation is 4. The van der Waals surface area contributed by atoms with Crippen molar-refractivity contribution in [3.05, 3.63) is 174 Å². The first-order valence-electron chi connectivity index (χ1n) is 26.4. The Morgan fingerprint density at radius 1 is 0.416 bits per heavy atom. The molecule has 8 rings (SSSR count). The molecule has 0 aliphatic carbocycles. The van der Waals surface area contributed by atoms with E-state index in [0.29, 0.717) is 77.4 Å². The zero-order chi connectivity index (χ0) is 65.2. The van der Waals surface area contributed by atoms with Crippen LogP contribution in [-0.2, 0) is 9.47 Å². The molecule has 89 heavy (non-hydrogen) atoms. The molecule has 0 spiro atoms. The highest BCUT2D eigenvalue weighted by molar-refractivity contribution is 8.00. The van der Waals surface area contributed by atoms with Gasteiger partial charge < -0.3 is 30.3 Å². The monoisotopic (exact) mass is 1420 g/mol. The number of halogens is 7. The number of carboxylic acid groups (broad SMARTS) is 2. The maximum Gasteiger partial charge on any atom is 0.376 e. The van der Waals surface area contributed by atoms with Gasteiger partial charge in [0.15, 0.2) is 0 Å². The second-order valence-electron chi connectivity index (χ2n) is 19.9. The highest BCUT2D eigenvalue weighted by Gasteiger charge is 2.26. The third-order valence-corrected chi connectivity index (χ3v) is 18.1. The molecule has 472 valence electrons. The normalized spacial score (nSPS) is 10.8. The molecule has 0 bridgehead atoms. The molecule has 0 aliphatic rings. The van der Waals surface area contributed by atoms with Crippen molar-refractivity contribution in [2.45, 2.75) is 133 Å². The van der Waals surface area contributed by atoms with Crippen LogP contribution in [0.1, 0.15) is 121 Å². The molecule has 4 N–H and O–H groups in total. The molecule has 0 fully saturated rings. The molecule has 0 atom stereocenters. The lowest BCUT2D eigenvalue weighted by atomic mass is 10.2. The Morgan fingerprint density at radius 3 is 0.944 bits per heavy atom. The number of hydrogen-bond acceptors (Lipinski definition) is 20. The number of rotatable bonds is 16. The SMILES string of the molecule is CCNc1nc(C(=O)O)nc(C)c1Sc1ccccc1Cl.CCNc1nc(C(=O)OC(C)(C)C)nc(C)c1Sc1ccccc1Cl.Cc1nc(C(=O)O)nc(Cl)c1Sc1ccccc1Cl.Cc1nc(C(=O)OC(C)(C)C)nc(Cl)c1Sc1ccccc1Cl.Cl. The lowest BCUT2D eigenvalue weighted by Crippen LogP contribution is -2.25. The number of carbonyl (C=O) groups is 4. The second-order valence-corrected chi connectivity index (χ2v) is 26.5. The number of nitrogens with one attached hydrogen (secondary N) is 2. The molecule has 0 radical (unpaired) electrons. The smallest absolute Gasteiger partial charge is 0.376 e. The van der Waals surface area contributed by atoms with Gasteiger partial charge in [-0.2, -0.15) is 0 Å². The largest absolute Gasteiger partial charge is 0.475 e. The quantitative estimate of drug-likeness (QED) is 0.0518. The van der Waals surface area contributed by atoms with Crippen LogP contribution in [-0.4, -0.2) is 98.3 Å². The van der Waals surface area contributed by atoms with Crippen LogP contribution in [0.2, 0.25) is 30.4 Å². The summed E-state index contributed by atoms with van der Waals surface area (Å²) in [4.78, 5) is 85.2. The van der Waals surface area contributed by atoms with Gasteiger partial charge in [-0.25, -0.2) is 59.0 Å². The van der Waals surface area contributed by atoms with E-state index in [-0.39, 0.29) is 46.0 Å². The molecule has 29 heteroatoms. The number of aromatic nitrogens is 8. The molecule has 0 saturated heterocycles. The van der Waals surface area contributed by atoms with Crippen LogP contribution in [0.15, 0.2) is 136 Å². The number of aromatic carboxylic acids is 2. The molecule has 8 aromatic rings. The van der Waals surface area contributed by atoms with Crippen LogP contribution >= 0.6 is 129 Å². The van der Waals surface area contributed by atoms with Crippen molar-refractivity contribution in [3.63, 3.8) is 0 Å². The highest BCUT2D eigenvalue weighted by Crippen LogP contribution is 2.42. The van der Waals surface area contributed by atoms with E-state index in [4.69, 9.17) is 89.3 Å². The minimum Gasteiger partial charge on any atom is -0.475 e. The number of hydrogen-bond donors (Lipinski definition) is 4. The summed E-state index contributed by atoms with van der Waals surface area (Å²) in [5.74, 6) is -2.92. The van der Waals surface area contributed by atoms with E-state index in [0.717, 1.165) is 29.4 Å². The van der Waals surface area contributed by atoms with E-state index in [1.807, 2.05) is 120 Å². The van der Waals surface area contributed by atoms with Crippen molar-refractivity contribution in [1.82, 2.24) is 39.9 Å². The van der Waals surface area contributed by atoms with Gasteiger partial charge in [0.25, 0.3) is 0 Å². The summed E-state index contributed by atoms with van der Waals surface area (Å²) in [5, 5.41) is 27.0. The third-order valence-electron chi connectivity index (χ3n) is 10.5. The summed E-state index contributed by atoms with van der Waals surface area (Å²) in [6.07, 6.45) is 0. The zero-order valence-corrected chi connectivity index (χ0v) is 58.5. The Balaban J connectivity index is 0.000000254. The maximum atomic E-state index is 12.3. The van der Waals surface area contributed by atoms with Crippen LogP contribution in [0.5, 0.6) is 0 Å². The summed E-state index contributed by atoms with van der Waals surface area (Å²) < 4.78 is 10.6. The zero-order valence-electron chi connectivity index (χ0n) is 49.9. The predicted molar refractivity (Wildman–Crippen MR) is 359 cm³/mol. The molecular weight excluding hydrogens is 1370 g/mol. The Kier molecular flexibility index (Phi) is 29.8. The van der Waals surface area contributed by atoms with E-state index < -0.39 is 35.1 Å². The van der Waals surface area contributed by atoms with Crippen molar-refractivity contribution >= 4 is 165 Å². The van der Waals surface area contributed by atoms with Crippen LogP contribution in [0.3, 0.4) is 0 Å². The van der Waals surface area contributed by atoms with Gasteiger partial charge in [0.05, 0.1) is 62.4 Å². The molecule has 4 heterocycles. The number of anilines is 2. The van der Waals surface area contributed by atoms with Crippen molar-refractivity contribution < 1.29 is 38.9 Å². The molecule has 0 saturated carbocycles. The van der Waals surface area contributed by atoms with E-state index in [1.54, 1.807) is 59.7 Å². The number of benzene rings is 4. The first kappa shape index (κ1) is 75.6. The molecule has 0 amide bonds.